The van der Waals surface area contributed by atoms with Gasteiger partial charge in [-0.05, 0) is 26.0 Å². The molecule has 0 fully saturated rings. The summed E-state index contributed by atoms with van der Waals surface area (Å²) in [5.74, 6) is 0.142. The molecule has 0 aliphatic rings. The highest BCUT2D eigenvalue weighted by Gasteiger charge is 2.25. The number of esters is 1. The molecule has 0 saturated carbocycles. The van der Waals surface area contributed by atoms with E-state index < -0.39 is 16.0 Å². The Kier molecular flexibility index (Phi) is 6.31. The average Bonchev–Trinajstić information content (AvgIpc) is 3.05. The van der Waals surface area contributed by atoms with Crippen molar-refractivity contribution in [2.75, 3.05) is 22.4 Å². The lowest BCUT2D eigenvalue weighted by Gasteiger charge is -2.10. The van der Waals surface area contributed by atoms with Crippen LogP contribution >= 0.6 is 0 Å². The van der Waals surface area contributed by atoms with Gasteiger partial charge in [0.2, 0.25) is 10.0 Å². The van der Waals surface area contributed by atoms with Gasteiger partial charge in [0.05, 0.1) is 24.3 Å². The first kappa shape index (κ1) is 21.2. The molecule has 0 atom stereocenters. The number of carbonyl (C=O) groups is 1. The summed E-state index contributed by atoms with van der Waals surface area (Å²) in [5.41, 5.74) is 1.86. The van der Waals surface area contributed by atoms with Crippen LogP contribution in [-0.4, -0.2) is 46.5 Å². The topological polar surface area (TPSA) is 128 Å². The number of ether oxygens (including phenoxy) is 1. The fourth-order valence-electron chi connectivity index (χ4n) is 2.77. The number of rotatable bonds is 8. The number of nitrogens with zero attached hydrogens (tertiary/aromatic N) is 4. The molecule has 1 aromatic carbocycles. The lowest BCUT2D eigenvalue weighted by Crippen LogP contribution is -2.14. The van der Waals surface area contributed by atoms with Gasteiger partial charge in [-0.15, -0.1) is 0 Å². The van der Waals surface area contributed by atoms with Gasteiger partial charge in [-0.3, -0.25) is 14.4 Å². The molecule has 0 amide bonds. The molecule has 0 saturated heterocycles. The van der Waals surface area contributed by atoms with E-state index in [2.05, 4.69) is 25.1 Å². The van der Waals surface area contributed by atoms with Crippen LogP contribution in [0.1, 0.15) is 24.2 Å². The van der Waals surface area contributed by atoms with Crippen LogP contribution in [0.5, 0.6) is 0 Å². The number of sulfonamides is 1. The molecule has 2 aromatic heterocycles. The predicted molar refractivity (Wildman–Crippen MR) is 113 cm³/mol. The maximum atomic E-state index is 12.7. The SMILES string of the molecule is CCOC(=O)c1c(Nc2cnccn2)nn(C)c1-c1ccc(NS(=O)(=O)CC)cc1. The van der Waals surface area contributed by atoms with Gasteiger partial charge in [0.1, 0.15) is 11.4 Å². The molecule has 3 aromatic rings. The summed E-state index contributed by atoms with van der Waals surface area (Å²) in [6, 6.07) is 6.67. The lowest BCUT2D eigenvalue weighted by molar-refractivity contribution is 0.0528. The number of aryl methyl sites for hydroxylation is 1. The normalized spacial score (nSPS) is 11.2. The summed E-state index contributed by atoms with van der Waals surface area (Å²) >= 11 is 0. The molecule has 0 aliphatic heterocycles. The molecule has 2 N–H and O–H groups in total. The Morgan fingerprint density at radius 1 is 1.17 bits per heavy atom. The summed E-state index contributed by atoms with van der Waals surface area (Å²) in [7, 11) is -1.68. The van der Waals surface area contributed by atoms with E-state index in [1.165, 1.54) is 18.6 Å². The van der Waals surface area contributed by atoms with Gasteiger partial charge in [-0.2, -0.15) is 5.10 Å². The lowest BCUT2D eigenvalue weighted by atomic mass is 10.1. The highest BCUT2D eigenvalue weighted by molar-refractivity contribution is 7.92. The van der Waals surface area contributed by atoms with Gasteiger partial charge in [0.15, 0.2) is 5.82 Å². The van der Waals surface area contributed by atoms with E-state index in [1.54, 1.807) is 49.8 Å². The van der Waals surface area contributed by atoms with Gasteiger partial charge in [-0.25, -0.2) is 18.2 Å². The van der Waals surface area contributed by atoms with Crippen molar-refractivity contribution in [3.05, 3.63) is 48.4 Å². The van der Waals surface area contributed by atoms with Crippen molar-refractivity contribution in [1.29, 1.82) is 0 Å². The van der Waals surface area contributed by atoms with Crippen LogP contribution < -0.4 is 10.0 Å². The third kappa shape index (κ3) is 4.74. The van der Waals surface area contributed by atoms with Gasteiger partial charge >= 0.3 is 5.97 Å². The molecule has 158 valence electrons. The number of carbonyl (C=O) groups excluding carboxylic acids is 1. The molecule has 3 rings (SSSR count). The van der Waals surface area contributed by atoms with Crippen LogP contribution in [0.3, 0.4) is 0 Å². The standard InChI is InChI=1S/C19H22N6O4S/c1-4-29-19(26)16-17(13-6-8-14(9-7-13)24-30(27,28)5-2)25(3)23-18(16)22-15-12-20-10-11-21-15/h6-12,24H,4-5H2,1-3H3,(H,21,22,23). The molecule has 30 heavy (non-hydrogen) atoms. The zero-order valence-corrected chi connectivity index (χ0v) is 17.6. The number of hydrogen-bond donors (Lipinski definition) is 2. The number of hydrogen-bond acceptors (Lipinski definition) is 8. The first-order chi connectivity index (χ1) is 14.3. The van der Waals surface area contributed by atoms with Crippen LogP contribution in [0, 0.1) is 0 Å². The Morgan fingerprint density at radius 2 is 1.90 bits per heavy atom. The van der Waals surface area contributed by atoms with E-state index in [0.29, 0.717) is 22.8 Å². The number of aromatic nitrogens is 4. The Balaban J connectivity index is 2.02. The first-order valence-corrected chi connectivity index (χ1v) is 10.9. The van der Waals surface area contributed by atoms with Crippen molar-refractivity contribution in [2.24, 2.45) is 7.05 Å². The van der Waals surface area contributed by atoms with E-state index in [0.717, 1.165) is 0 Å². The highest BCUT2D eigenvalue weighted by atomic mass is 32.2. The minimum atomic E-state index is -3.38. The summed E-state index contributed by atoms with van der Waals surface area (Å²) < 4.78 is 32.8. The van der Waals surface area contributed by atoms with Crippen LogP contribution in [0.25, 0.3) is 11.3 Å². The molecule has 0 unspecified atom stereocenters. The maximum absolute atomic E-state index is 12.7. The third-order valence-electron chi connectivity index (χ3n) is 4.15. The Hall–Kier alpha value is -3.47. The summed E-state index contributed by atoms with van der Waals surface area (Å²) in [4.78, 5) is 20.9. The third-order valence-corrected chi connectivity index (χ3v) is 5.45. The van der Waals surface area contributed by atoms with Crippen LogP contribution in [-0.2, 0) is 21.8 Å². The van der Waals surface area contributed by atoms with Crippen molar-refractivity contribution >= 4 is 33.3 Å². The average molecular weight is 430 g/mol. The predicted octanol–water partition coefficient (Wildman–Crippen LogP) is 2.56. The number of anilines is 3. The molecule has 0 spiro atoms. The Labute approximate surface area is 174 Å². The number of nitrogens with one attached hydrogen (secondary N) is 2. The monoisotopic (exact) mass is 430 g/mol. The highest BCUT2D eigenvalue weighted by Crippen LogP contribution is 2.31. The molecule has 0 radical (unpaired) electrons. The quantitative estimate of drug-likeness (QED) is 0.522. The zero-order valence-electron chi connectivity index (χ0n) is 16.8. The second-order valence-corrected chi connectivity index (χ2v) is 8.23. The second kappa shape index (κ2) is 8.91. The van der Waals surface area contributed by atoms with Crippen molar-refractivity contribution in [3.63, 3.8) is 0 Å². The van der Waals surface area contributed by atoms with E-state index in [-0.39, 0.29) is 23.7 Å². The van der Waals surface area contributed by atoms with Crippen molar-refractivity contribution in [2.45, 2.75) is 13.8 Å². The van der Waals surface area contributed by atoms with Crippen LogP contribution in [0.4, 0.5) is 17.3 Å². The second-order valence-electron chi connectivity index (χ2n) is 6.21. The van der Waals surface area contributed by atoms with Gasteiger partial charge in [0.25, 0.3) is 0 Å². The minimum absolute atomic E-state index is 0.0269. The van der Waals surface area contributed by atoms with Gasteiger partial charge < -0.3 is 10.1 Å². The smallest absolute Gasteiger partial charge is 0.344 e. The van der Waals surface area contributed by atoms with Crippen molar-refractivity contribution in [1.82, 2.24) is 19.7 Å². The Morgan fingerprint density at radius 3 is 2.50 bits per heavy atom. The molecule has 0 aliphatic carbocycles. The summed E-state index contributed by atoms with van der Waals surface area (Å²) in [6.45, 7) is 3.48. The fraction of sp³-hybridized carbons (Fsp3) is 0.263. The molecule has 10 nitrogen and oxygen atoms in total. The van der Waals surface area contributed by atoms with Crippen LogP contribution in [0.2, 0.25) is 0 Å². The van der Waals surface area contributed by atoms with Crippen LogP contribution in [0.15, 0.2) is 42.9 Å². The first-order valence-electron chi connectivity index (χ1n) is 9.22. The van der Waals surface area contributed by atoms with E-state index in [1.807, 2.05) is 0 Å². The molecular formula is C19H22N6O4S. The van der Waals surface area contributed by atoms with Gasteiger partial charge in [-0.1, -0.05) is 12.1 Å². The Bertz CT molecular complexity index is 1130. The fourth-order valence-corrected chi connectivity index (χ4v) is 3.41. The molecule has 11 heteroatoms. The minimum Gasteiger partial charge on any atom is -0.462 e. The zero-order chi connectivity index (χ0) is 21.7. The molecular weight excluding hydrogens is 408 g/mol. The molecule has 0 bridgehead atoms. The summed E-state index contributed by atoms with van der Waals surface area (Å²) in [6.07, 6.45) is 4.57. The summed E-state index contributed by atoms with van der Waals surface area (Å²) in [5, 5.41) is 7.40. The van der Waals surface area contributed by atoms with Crippen molar-refractivity contribution < 1.29 is 17.9 Å². The largest absolute Gasteiger partial charge is 0.462 e. The van der Waals surface area contributed by atoms with Gasteiger partial charge in [0, 0.05) is 30.7 Å². The van der Waals surface area contributed by atoms with E-state index >= 15 is 0 Å². The van der Waals surface area contributed by atoms with Crippen molar-refractivity contribution in [3.8, 4) is 11.3 Å². The van der Waals surface area contributed by atoms with E-state index in [9.17, 15) is 13.2 Å². The van der Waals surface area contributed by atoms with E-state index in [4.69, 9.17) is 4.74 Å². The molecule has 2 heterocycles. The number of benzene rings is 1. The maximum Gasteiger partial charge on any atom is 0.344 e.